The highest BCUT2D eigenvalue weighted by Crippen LogP contribution is 2.37. The average Bonchev–Trinajstić information content (AvgIpc) is 2.47. The van der Waals surface area contributed by atoms with E-state index in [1.54, 1.807) is 0 Å². The lowest BCUT2D eigenvalue weighted by atomic mass is 9.88. The molecule has 1 nitrogen and oxygen atoms in total. The molecule has 0 saturated carbocycles. The first-order valence-electron chi connectivity index (χ1n) is 5.43. The Hall–Kier alpha value is -0.820. The van der Waals surface area contributed by atoms with Crippen molar-refractivity contribution in [1.29, 1.82) is 0 Å². The zero-order valence-corrected chi connectivity index (χ0v) is 9.09. The van der Waals surface area contributed by atoms with Crippen molar-refractivity contribution < 1.29 is 0 Å². The van der Waals surface area contributed by atoms with E-state index in [1.807, 2.05) is 0 Å². The largest absolute Gasteiger partial charge is 0.326 e. The molecule has 0 radical (unpaired) electrons. The van der Waals surface area contributed by atoms with Crippen LogP contribution >= 0.6 is 0 Å². The highest BCUT2D eigenvalue weighted by atomic mass is 14.7. The van der Waals surface area contributed by atoms with Gasteiger partial charge < -0.3 is 5.73 Å². The molecule has 76 valence electrons. The normalized spacial score (nSPS) is 20.9. The van der Waals surface area contributed by atoms with Gasteiger partial charge >= 0.3 is 0 Å². The van der Waals surface area contributed by atoms with Crippen LogP contribution in [0.1, 0.15) is 43.7 Å². The summed E-state index contributed by atoms with van der Waals surface area (Å²) in [4.78, 5) is 0. The van der Waals surface area contributed by atoms with Gasteiger partial charge in [0.05, 0.1) is 0 Å². The molecule has 1 aliphatic rings. The van der Waals surface area contributed by atoms with E-state index in [0.29, 0.717) is 5.92 Å². The molecule has 2 rings (SSSR count). The summed E-state index contributed by atoms with van der Waals surface area (Å²) in [7, 11) is 0. The van der Waals surface area contributed by atoms with Crippen molar-refractivity contribution in [2.45, 2.75) is 44.6 Å². The van der Waals surface area contributed by atoms with Crippen molar-refractivity contribution in [2.24, 2.45) is 5.73 Å². The topological polar surface area (TPSA) is 26.0 Å². The Bertz CT molecular complexity index is 322. The lowest BCUT2D eigenvalue weighted by Crippen LogP contribution is -2.33. The van der Waals surface area contributed by atoms with Crippen LogP contribution in [0.5, 0.6) is 0 Å². The summed E-state index contributed by atoms with van der Waals surface area (Å²) in [5.41, 5.74) is 9.10. The minimum absolute atomic E-state index is 0.0396. The van der Waals surface area contributed by atoms with E-state index in [-0.39, 0.29) is 5.54 Å². The summed E-state index contributed by atoms with van der Waals surface area (Å²) in [5.74, 6) is 0.686. The van der Waals surface area contributed by atoms with E-state index >= 15 is 0 Å². The van der Waals surface area contributed by atoms with E-state index in [1.165, 1.54) is 24.0 Å². The van der Waals surface area contributed by atoms with Gasteiger partial charge in [-0.05, 0) is 50.2 Å². The summed E-state index contributed by atoms with van der Waals surface area (Å²) in [5, 5.41) is 0. The van der Waals surface area contributed by atoms with E-state index in [2.05, 4.69) is 38.1 Å². The monoisotopic (exact) mass is 189 g/mol. The molecule has 14 heavy (non-hydrogen) atoms. The summed E-state index contributed by atoms with van der Waals surface area (Å²) in [6.45, 7) is 4.24. The number of benzene rings is 1. The molecule has 0 spiro atoms. The number of hydrogen-bond acceptors (Lipinski definition) is 1. The van der Waals surface area contributed by atoms with E-state index in [9.17, 15) is 0 Å². The van der Waals surface area contributed by atoms with Crippen LogP contribution in [0.25, 0.3) is 0 Å². The van der Waals surface area contributed by atoms with Crippen LogP contribution in [0.2, 0.25) is 0 Å². The van der Waals surface area contributed by atoms with Gasteiger partial charge in [0.15, 0.2) is 0 Å². The van der Waals surface area contributed by atoms with E-state index in [0.717, 1.165) is 6.42 Å². The molecule has 1 heteroatoms. The Labute approximate surface area is 86.3 Å². The fourth-order valence-electron chi connectivity index (χ4n) is 2.49. The van der Waals surface area contributed by atoms with Crippen molar-refractivity contribution in [3.63, 3.8) is 0 Å². The third-order valence-electron chi connectivity index (χ3n) is 3.03. The molecule has 0 saturated heterocycles. The molecule has 1 aliphatic carbocycles. The lowest BCUT2D eigenvalue weighted by Gasteiger charge is -2.23. The van der Waals surface area contributed by atoms with E-state index < -0.39 is 0 Å². The highest BCUT2D eigenvalue weighted by Gasteiger charge is 2.26. The second-order valence-corrected chi connectivity index (χ2v) is 5.13. The smallest absolute Gasteiger partial charge is 0.0103 e. The van der Waals surface area contributed by atoms with Gasteiger partial charge in [0.25, 0.3) is 0 Å². The maximum atomic E-state index is 6.07. The summed E-state index contributed by atoms with van der Waals surface area (Å²) >= 11 is 0. The molecule has 0 heterocycles. The van der Waals surface area contributed by atoms with Crippen molar-refractivity contribution in [3.05, 3.63) is 35.4 Å². The molecule has 1 aromatic rings. The van der Waals surface area contributed by atoms with Gasteiger partial charge in [-0.1, -0.05) is 24.3 Å². The molecule has 0 amide bonds. The SMILES string of the molecule is CC(C)(N)CC1CCc2ccccc21. The van der Waals surface area contributed by atoms with Crippen LogP contribution in [0.3, 0.4) is 0 Å². The summed E-state index contributed by atoms with van der Waals surface area (Å²) < 4.78 is 0. The van der Waals surface area contributed by atoms with Gasteiger partial charge in [0.1, 0.15) is 0 Å². The first-order chi connectivity index (χ1) is 6.56. The summed E-state index contributed by atoms with van der Waals surface area (Å²) in [6, 6.07) is 8.78. The van der Waals surface area contributed by atoms with Gasteiger partial charge in [-0.15, -0.1) is 0 Å². The lowest BCUT2D eigenvalue weighted by molar-refractivity contribution is 0.422. The van der Waals surface area contributed by atoms with Crippen molar-refractivity contribution in [3.8, 4) is 0 Å². The first-order valence-corrected chi connectivity index (χ1v) is 5.43. The minimum Gasteiger partial charge on any atom is -0.326 e. The van der Waals surface area contributed by atoms with Crippen molar-refractivity contribution >= 4 is 0 Å². The van der Waals surface area contributed by atoms with Gasteiger partial charge in [-0.25, -0.2) is 0 Å². The highest BCUT2D eigenvalue weighted by molar-refractivity contribution is 5.35. The first kappa shape index (κ1) is 9.72. The third-order valence-corrected chi connectivity index (χ3v) is 3.03. The number of hydrogen-bond donors (Lipinski definition) is 1. The molecule has 2 N–H and O–H groups in total. The van der Waals surface area contributed by atoms with Crippen LogP contribution in [0, 0.1) is 0 Å². The molecule has 0 aliphatic heterocycles. The van der Waals surface area contributed by atoms with Crippen molar-refractivity contribution in [1.82, 2.24) is 0 Å². The van der Waals surface area contributed by atoms with E-state index in [4.69, 9.17) is 5.73 Å². The Morgan fingerprint density at radius 1 is 1.36 bits per heavy atom. The molecule has 1 aromatic carbocycles. The Morgan fingerprint density at radius 2 is 2.07 bits per heavy atom. The standard InChI is InChI=1S/C13H19N/c1-13(2,14)9-11-8-7-10-5-3-4-6-12(10)11/h3-6,11H,7-9,14H2,1-2H3. The molecular weight excluding hydrogens is 170 g/mol. The average molecular weight is 189 g/mol. The molecule has 0 fully saturated rings. The van der Waals surface area contributed by atoms with Gasteiger partial charge in [-0.3, -0.25) is 0 Å². The quantitative estimate of drug-likeness (QED) is 0.760. The number of aryl methyl sites for hydroxylation is 1. The molecule has 1 unspecified atom stereocenters. The Kier molecular flexibility index (Phi) is 2.36. The maximum absolute atomic E-state index is 6.07. The predicted molar refractivity (Wildman–Crippen MR) is 60.4 cm³/mol. The van der Waals surface area contributed by atoms with Crippen molar-refractivity contribution in [2.75, 3.05) is 0 Å². The molecule has 1 atom stereocenters. The van der Waals surface area contributed by atoms with Gasteiger partial charge in [0, 0.05) is 5.54 Å². The fourth-order valence-corrected chi connectivity index (χ4v) is 2.49. The van der Waals surface area contributed by atoms with Crippen LogP contribution in [0.15, 0.2) is 24.3 Å². The predicted octanol–water partition coefficient (Wildman–Crippen LogP) is 2.84. The molecule has 0 bridgehead atoms. The number of nitrogens with two attached hydrogens (primary N) is 1. The van der Waals surface area contributed by atoms with Gasteiger partial charge in [-0.2, -0.15) is 0 Å². The van der Waals surface area contributed by atoms with Crippen LogP contribution < -0.4 is 5.73 Å². The molecular formula is C13H19N. The van der Waals surface area contributed by atoms with Crippen LogP contribution in [-0.2, 0) is 6.42 Å². The summed E-state index contributed by atoms with van der Waals surface area (Å²) in [6.07, 6.45) is 3.61. The zero-order valence-electron chi connectivity index (χ0n) is 9.09. The Balaban J connectivity index is 2.18. The second-order valence-electron chi connectivity index (χ2n) is 5.13. The molecule has 0 aromatic heterocycles. The maximum Gasteiger partial charge on any atom is 0.0103 e. The number of fused-ring (bicyclic) bond motifs is 1. The zero-order chi connectivity index (χ0) is 10.2. The van der Waals surface area contributed by atoms with Crippen LogP contribution in [-0.4, -0.2) is 5.54 Å². The van der Waals surface area contributed by atoms with Crippen LogP contribution in [0.4, 0.5) is 0 Å². The minimum atomic E-state index is -0.0396. The Morgan fingerprint density at radius 3 is 2.79 bits per heavy atom. The fraction of sp³-hybridized carbons (Fsp3) is 0.538. The second kappa shape index (κ2) is 3.39. The third kappa shape index (κ3) is 1.98. The van der Waals surface area contributed by atoms with Gasteiger partial charge in [0.2, 0.25) is 0 Å². The number of rotatable bonds is 2.